The minimum Gasteiger partial charge on any atom is -0.394 e. The van der Waals surface area contributed by atoms with Crippen molar-refractivity contribution in [3.63, 3.8) is 0 Å². The molecular formula is C22H40O15. The second-order valence-corrected chi connectivity index (χ2v) is 9.59. The summed E-state index contributed by atoms with van der Waals surface area (Å²) < 4.78 is 33.7. The molecule has 9 N–H and O–H groups in total. The minimum atomic E-state index is -1.70. The first-order chi connectivity index (χ1) is 17.5. The number of hydrogen-bond donors (Lipinski definition) is 9. The fourth-order valence-electron chi connectivity index (χ4n) is 4.55. The molecule has 15 unspecified atom stereocenters. The van der Waals surface area contributed by atoms with Gasteiger partial charge in [-0.1, -0.05) is 13.8 Å². The van der Waals surface area contributed by atoms with Crippen molar-refractivity contribution >= 4 is 0 Å². The predicted octanol–water partition coefficient (Wildman–Crippen LogP) is -4.86. The van der Waals surface area contributed by atoms with Crippen LogP contribution < -0.4 is 0 Å². The molecule has 3 aliphatic heterocycles. The standard InChI is InChI=1S/C22H40O15/c1-3-4-32-21-18(31)19(37-22-17(30)15(28)13(26)10(6-24)35-22)8(2)11(36-21)7-33-20-16(29)14(27)12(25)9(5-23)34-20/h8-31H,3-7H2,1-2H3. The molecule has 0 bridgehead atoms. The van der Waals surface area contributed by atoms with Gasteiger partial charge in [0.25, 0.3) is 0 Å². The molecule has 3 fully saturated rings. The van der Waals surface area contributed by atoms with Crippen LogP contribution in [-0.4, -0.2) is 158 Å². The van der Waals surface area contributed by atoms with Crippen LogP contribution in [0.3, 0.4) is 0 Å². The second kappa shape index (κ2) is 13.6. The molecule has 15 atom stereocenters. The summed E-state index contributed by atoms with van der Waals surface area (Å²) in [6, 6.07) is 0. The van der Waals surface area contributed by atoms with Crippen molar-refractivity contribution in [1.29, 1.82) is 0 Å². The van der Waals surface area contributed by atoms with Crippen LogP contribution in [-0.2, 0) is 28.4 Å². The lowest BCUT2D eigenvalue weighted by Crippen LogP contribution is -2.63. The molecule has 15 nitrogen and oxygen atoms in total. The van der Waals surface area contributed by atoms with Crippen molar-refractivity contribution in [3.8, 4) is 0 Å². The monoisotopic (exact) mass is 544 g/mol. The van der Waals surface area contributed by atoms with Crippen LogP contribution >= 0.6 is 0 Å². The Morgan fingerprint density at radius 3 is 1.62 bits per heavy atom. The molecule has 3 heterocycles. The van der Waals surface area contributed by atoms with Gasteiger partial charge < -0.3 is 74.4 Å². The van der Waals surface area contributed by atoms with Gasteiger partial charge in [-0.05, 0) is 6.42 Å². The highest BCUT2D eigenvalue weighted by molar-refractivity contribution is 4.94. The third kappa shape index (κ3) is 6.77. The Morgan fingerprint density at radius 1 is 0.595 bits per heavy atom. The highest BCUT2D eigenvalue weighted by Gasteiger charge is 2.51. The summed E-state index contributed by atoms with van der Waals surface area (Å²) in [6.07, 6.45) is -19.0. The first kappa shape index (κ1) is 30.9. The first-order valence-electron chi connectivity index (χ1n) is 12.4. The average molecular weight is 545 g/mol. The zero-order valence-electron chi connectivity index (χ0n) is 20.7. The summed E-state index contributed by atoms with van der Waals surface area (Å²) in [5, 5.41) is 90.4. The van der Waals surface area contributed by atoms with E-state index in [2.05, 4.69) is 0 Å². The van der Waals surface area contributed by atoms with Gasteiger partial charge in [-0.15, -0.1) is 0 Å². The van der Waals surface area contributed by atoms with Gasteiger partial charge >= 0.3 is 0 Å². The van der Waals surface area contributed by atoms with Crippen LogP contribution in [0, 0.1) is 5.92 Å². The Bertz CT molecular complexity index is 682. The molecule has 3 saturated heterocycles. The molecule has 0 saturated carbocycles. The maximum atomic E-state index is 10.9. The Labute approximate surface area is 213 Å². The maximum absolute atomic E-state index is 10.9. The highest BCUT2D eigenvalue weighted by atomic mass is 16.7. The lowest BCUT2D eigenvalue weighted by molar-refractivity contribution is -0.359. The number of aliphatic hydroxyl groups is 9. The van der Waals surface area contributed by atoms with Crippen LogP contribution in [0.25, 0.3) is 0 Å². The molecular weight excluding hydrogens is 504 g/mol. The highest BCUT2D eigenvalue weighted by Crippen LogP contribution is 2.33. The van der Waals surface area contributed by atoms with Gasteiger partial charge in [0.1, 0.15) is 54.9 Å². The first-order valence-corrected chi connectivity index (χ1v) is 12.4. The fraction of sp³-hybridized carbons (Fsp3) is 1.00. The largest absolute Gasteiger partial charge is 0.394 e. The third-order valence-electron chi connectivity index (χ3n) is 6.93. The van der Waals surface area contributed by atoms with Gasteiger partial charge in [-0.3, -0.25) is 0 Å². The van der Waals surface area contributed by atoms with Gasteiger partial charge in [-0.2, -0.15) is 0 Å². The van der Waals surface area contributed by atoms with E-state index in [0.29, 0.717) is 6.42 Å². The molecule has 15 heteroatoms. The number of aliphatic hydroxyl groups excluding tert-OH is 9. The Hall–Kier alpha value is -0.600. The summed E-state index contributed by atoms with van der Waals surface area (Å²) in [5.41, 5.74) is 0. The second-order valence-electron chi connectivity index (χ2n) is 9.59. The zero-order chi connectivity index (χ0) is 27.4. The molecule has 0 aliphatic carbocycles. The predicted molar refractivity (Wildman–Crippen MR) is 118 cm³/mol. The molecule has 0 aromatic heterocycles. The number of ether oxygens (including phenoxy) is 6. The van der Waals surface area contributed by atoms with Crippen molar-refractivity contribution < 1.29 is 74.4 Å². The van der Waals surface area contributed by atoms with Crippen molar-refractivity contribution in [1.82, 2.24) is 0 Å². The minimum absolute atomic E-state index is 0.225. The van der Waals surface area contributed by atoms with Crippen LogP contribution in [0.1, 0.15) is 20.3 Å². The van der Waals surface area contributed by atoms with Gasteiger partial charge in [0.05, 0.1) is 32.0 Å². The summed E-state index contributed by atoms with van der Waals surface area (Å²) in [5.74, 6) is -0.672. The van der Waals surface area contributed by atoms with E-state index in [0.717, 1.165) is 0 Å². The lowest BCUT2D eigenvalue weighted by Gasteiger charge is -2.47. The van der Waals surface area contributed by atoms with Crippen molar-refractivity contribution in [2.24, 2.45) is 5.92 Å². The van der Waals surface area contributed by atoms with Gasteiger partial charge in [0.2, 0.25) is 0 Å². The van der Waals surface area contributed by atoms with Crippen LogP contribution in [0.2, 0.25) is 0 Å². The van der Waals surface area contributed by atoms with Crippen molar-refractivity contribution in [2.75, 3.05) is 26.4 Å². The van der Waals surface area contributed by atoms with Gasteiger partial charge in [-0.25, -0.2) is 0 Å². The molecule has 218 valence electrons. The van der Waals surface area contributed by atoms with E-state index < -0.39 is 105 Å². The van der Waals surface area contributed by atoms with E-state index in [-0.39, 0.29) is 13.2 Å². The van der Waals surface area contributed by atoms with Crippen LogP contribution in [0.5, 0.6) is 0 Å². The molecule has 0 spiro atoms. The normalized spacial score (nSPS) is 49.2. The smallest absolute Gasteiger partial charge is 0.187 e. The quantitative estimate of drug-likeness (QED) is 0.125. The molecule has 0 aromatic rings. The summed E-state index contributed by atoms with van der Waals surface area (Å²) >= 11 is 0. The fourth-order valence-corrected chi connectivity index (χ4v) is 4.55. The number of hydrogen-bond acceptors (Lipinski definition) is 15. The molecule has 3 aliphatic rings. The van der Waals surface area contributed by atoms with E-state index in [1.165, 1.54) is 0 Å². The number of rotatable bonds is 10. The third-order valence-corrected chi connectivity index (χ3v) is 6.93. The summed E-state index contributed by atoms with van der Waals surface area (Å²) in [6.45, 7) is 2.15. The van der Waals surface area contributed by atoms with Gasteiger partial charge in [0.15, 0.2) is 18.9 Å². The molecule has 3 rings (SSSR count). The zero-order valence-corrected chi connectivity index (χ0v) is 20.7. The summed E-state index contributed by atoms with van der Waals surface area (Å²) in [4.78, 5) is 0. The molecule has 37 heavy (non-hydrogen) atoms. The van der Waals surface area contributed by atoms with Crippen molar-refractivity contribution in [3.05, 3.63) is 0 Å². The van der Waals surface area contributed by atoms with E-state index in [9.17, 15) is 46.0 Å². The SMILES string of the molecule is CCCOC1OC(COC2OC(CO)C(O)C(O)C2O)C(C)C(OC2OC(CO)C(O)C(O)C2O)C1O. The van der Waals surface area contributed by atoms with Crippen LogP contribution in [0.4, 0.5) is 0 Å². The topological polar surface area (TPSA) is 237 Å². The molecule has 0 aromatic carbocycles. The molecule has 0 radical (unpaired) electrons. The molecule has 0 amide bonds. The van der Waals surface area contributed by atoms with E-state index in [1.807, 2.05) is 6.92 Å². The van der Waals surface area contributed by atoms with Crippen molar-refractivity contribution in [2.45, 2.75) is 106 Å². The van der Waals surface area contributed by atoms with E-state index >= 15 is 0 Å². The van der Waals surface area contributed by atoms with Gasteiger partial charge in [0, 0.05) is 12.5 Å². The average Bonchev–Trinajstić information content (AvgIpc) is 2.89. The van der Waals surface area contributed by atoms with E-state index in [1.54, 1.807) is 6.92 Å². The Morgan fingerprint density at radius 2 is 1.08 bits per heavy atom. The van der Waals surface area contributed by atoms with E-state index in [4.69, 9.17) is 28.4 Å². The lowest BCUT2D eigenvalue weighted by atomic mass is 9.90. The van der Waals surface area contributed by atoms with Crippen LogP contribution in [0.15, 0.2) is 0 Å². The summed E-state index contributed by atoms with van der Waals surface area (Å²) in [7, 11) is 0. The Kier molecular flexibility index (Phi) is 11.4. The Balaban J connectivity index is 1.73. The maximum Gasteiger partial charge on any atom is 0.187 e.